The standard InChI is InChI=1S/C12H26N2O2S/c1-3-17(15,16)9-8-13-11(2)10-12-6-4-5-7-14-12/h11-14H,3-10H2,1-2H3. The van der Waals surface area contributed by atoms with E-state index in [9.17, 15) is 8.42 Å². The Hall–Kier alpha value is -0.130. The van der Waals surface area contributed by atoms with Crippen molar-refractivity contribution in [3.05, 3.63) is 0 Å². The fourth-order valence-electron chi connectivity index (χ4n) is 2.24. The van der Waals surface area contributed by atoms with Gasteiger partial charge in [-0.15, -0.1) is 0 Å². The summed E-state index contributed by atoms with van der Waals surface area (Å²) in [7, 11) is -2.83. The third kappa shape index (κ3) is 6.38. The van der Waals surface area contributed by atoms with E-state index in [2.05, 4.69) is 17.6 Å². The molecule has 0 aromatic heterocycles. The van der Waals surface area contributed by atoms with Crippen LogP contribution >= 0.6 is 0 Å². The van der Waals surface area contributed by atoms with Crippen LogP contribution < -0.4 is 10.6 Å². The van der Waals surface area contributed by atoms with E-state index in [4.69, 9.17) is 0 Å². The SMILES string of the molecule is CCS(=O)(=O)CCNC(C)CC1CCCCN1. The van der Waals surface area contributed by atoms with Gasteiger partial charge in [0.15, 0.2) is 9.84 Å². The van der Waals surface area contributed by atoms with Crippen molar-refractivity contribution in [1.29, 1.82) is 0 Å². The third-order valence-corrected chi connectivity index (χ3v) is 5.10. The molecule has 0 spiro atoms. The average molecular weight is 262 g/mol. The molecule has 1 fully saturated rings. The van der Waals surface area contributed by atoms with E-state index in [1.165, 1.54) is 19.3 Å². The summed E-state index contributed by atoms with van der Waals surface area (Å²) in [4.78, 5) is 0. The summed E-state index contributed by atoms with van der Waals surface area (Å²) >= 11 is 0. The zero-order chi connectivity index (χ0) is 12.7. The lowest BCUT2D eigenvalue weighted by atomic mass is 9.99. The van der Waals surface area contributed by atoms with E-state index in [0.717, 1.165) is 13.0 Å². The first-order valence-electron chi connectivity index (χ1n) is 6.70. The number of nitrogens with one attached hydrogen (secondary N) is 2. The summed E-state index contributed by atoms with van der Waals surface area (Å²) in [6.07, 6.45) is 4.94. The molecule has 0 bridgehead atoms. The van der Waals surface area contributed by atoms with Crippen LogP contribution in [-0.2, 0) is 9.84 Å². The van der Waals surface area contributed by atoms with Crippen LogP contribution in [0.2, 0.25) is 0 Å². The molecule has 2 atom stereocenters. The van der Waals surface area contributed by atoms with Gasteiger partial charge in [0.25, 0.3) is 0 Å². The molecule has 1 aliphatic heterocycles. The lowest BCUT2D eigenvalue weighted by Gasteiger charge is -2.26. The second-order valence-corrected chi connectivity index (χ2v) is 7.45. The van der Waals surface area contributed by atoms with Crippen molar-refractivity contribution in [1.82, 2.24) is 10.6 Å². The highest BCUT2D eigenvalue weighted by molar-refractivity contribution is 7.91. The maximum absolute atomic E-state index is 11.3. The second kappa shape index (κ2) is 7.34. The van der Waals surface area contributed by atoms with E-state index in [-0.39, 0.29) is 11.5 Å². The summed E-state index contributed by atoms with van der Waals surface area (Å²) < 4.78 is 22.6. The van der Waals surface area contributed by atoms with Gasteiger partial charge in [0.1, 0.15) is 0 Å². The van der Waals surface area contributed by atoms with Crippen LogP contribution in [0.15, 0.2) is 0 Å². The molecule has 0 radical (unpaired) electrons. The molecule has 5 heteroatoms. The quantitative estimate of drug-likeness (QED) is 0.717. The molecule has 0 aromatic carbocycles. The number of hydrogen-bond donors (Lipinski definition) is 2. The Balaban J connectivity index is 2.14. The van der Waals surface area contributed by atoms with Gasteiger partial charge < -0.3 is 10.6 Å². The fraction of sp³-hybridized carbons (Fsp3) is 1.00. The normalized spacial score (nSPS) is 23.5. The van der Waals surface area contributed by atoms with Gasteiger partial charge in [-0.3, -0.25) is 0 Å². The monoisotopic (exact) mass is 262 g/mol. The number of hydrogen-bond acceptors (Lipinski definition) is 4. The van der Waals surface area contributed by atoms with Gasteiger partial charge in [-0.25, -0.2) is 8.42 Å². The van der Waals surface area contributed by atoms with Gasteiger partial charge in [-0.2, -0.15) is 0 Å². The number of piperidine rings is 1. The topological polar surface area (TPSA) is 58.2 Å². The first-order chi connectivity index (χ1) is 8.03. The largest absolute Gasteiger partial charge is 0.314 e. The highest BCUT2D eigenvalue weighted by Gasteiger charge is 2.15. The fourth-order valence-corrected chi connectivity index (χ4v) is 2.96. The molecule has 0 aromatic rings. The number of rotatable bonds is 7. The molecular formula is C12H26N2O2S. The van der Waals surface area contributed by atoms with Crippen molar-refractivity contribution in [2.45, 2.75) is 51.6 Å². The predicted molar refractivity (Wildman–Crippen MR) is 72.1 cm³/mol. The maximum atomic E-state index is 11.3. The lowest BCUT2D eigenvalue weighted by molar-refractivity contribution is 0.347. The van der Waals surface area contributed by atoms with E-state index in [1.54, 1.807) is 6.92 Å². The van der Waals surface area contributed by atoms with Gasteiger partial charge in [0, 0.05) is 24.4 Å². The first kappa shape index (κ1) is 14.9. The summed E-state index contributed by atoms with van der Waals surface area (Å²) in [5.41, 5.74) is 0. The zero-order valence-corrected chi connectivity index (χ0v) is 11.9. The summed E-state index contributed by atoms with van der Waals surface area (Å²) in [5.74, 6) is 0.499. The van der Waals surface area contributed by atoms with Crippen LogP contribution in [0.1, 0.15) is 39.5 Å². The van der Waals surface area contributed by atoms with E-state index < -0.39 is 9.84 Å². The Morgan fingerprint density at radius 2 is 2.18 bits per heavy atom. The van der Waals surface area contributed by atoms with E-state index in [0.29, 0.717) is 18.6 Å². The van der Waals surface area contributed by atoms with Crippen molar-refractivity contribution in [2.75, 3.05) is 24.6 Å². The third-order valence-electron chi connectivity index (χ3n) is 3.40. The molecule has 17 heavy (non-hydrogen) atoms. The van der Waals surface area contributed by atoms with Gasteiger partial charge in [-0.05, 0) is 32.7 Å². The Morgan fingerprint density at radius 1 is 1.41 bits per heavy atom. The van der Waals surface area contributed by atoms with Crippen molar-refractivity contribution in [2.24, 2.45) is 0 Å². The van der Waals surface area contributed by atoms with Crippen molar-refractivity contribution in [3.8, 4) is 0 Å². The Morgan fingerprint density at radius 3 is 2.76 bits per heavy atom. The minimum Gasteiger partial charge on any atom is -0.314 e. The molecule has 0 aliphatic carbocycles. The molecule has 4 nitrogen and oxygen atoms in total. The summed E-state index contributed by atoms with van der Waals surface area (Å²) in [6, 6.07) is 0.992. The molecule has 1 heterocycles. The zero-order valence-electron chi connectivity index (χ0n) is 11.0. The van der Waals surface area contributed by atoms with Crippen LogP contribution in [0.5, 0.6) is 0 Å². The van der Waals surface area contributed by atoms with E-state index >= 15 is 0 Å². The van der Waals surface area contributed by atoms with Crippen LogP contribution in [0, 0.1) is 0 Å². The van der Waals surface area contributed by atoms with Crippen LogP contribution in [0.3, 0.4) is 0 Å². The minimum atomic E-state index is -2.83. The Kier molecular flexibility index (Phi) is 6.44. The maximum Gasteiger partial charge on any atom is 0.151 e. The van der Waals surface area contributed by atoms with Crippen molar-refractivity contribution in [3.63, 3.8) is 0 Å². The highest BCUT2D eigenvalue weighted by atomic mass is 32.2. The lowest BCUT2D eigenvalue weighted by Crippen LogP contribution is -2.41. The van der Waals surface area contributed by atoms with Crippen molar-refractivity contribution < 1.29 is 8.42 Å². The predicted octanol–water partition coefficient (Wildman–Crippen LogP) is 0.931. The van der Waals surface area contributed by atoms with Gasteiger partial charge in [0.05, 0.1) is 5.75 Å². The van der Waals surface area contributed by atoms with Crippen LogP contribution in [0.4, 0.5) is 0 Å². The van der Waals surface area contributed by atoms with Crippen molar-refractivity contribution >= 4 is 9.84 Å². The minimum absolute atomic E-state index is 0.243. The Bertz CT molecular complexity index is 298. The molecule has 0 amide bonds. The highest BCUT2D eigenvalue weighted by Crippen LogP contribution is 2.11. The molecule has 1 saturated heterocycles. The summed E-state index contributed by atoms with van der Waals surface area (Å²) in [6.45, 7) is 5.53. The Labute approximate surface area is 105 Å². The smallest absolute Gasteiger partial charge is 0.151 e. The van der Waals surface area contributed by atoms with Gasteiger partial charge in [0.2, 0.25) is 0 Å². The van der Waals surface area contributed by atoms with Gasteiger partial charge in [-0.1, -0.05) is 13.3 Å². The van der Waals surface area contributed by atoms with Crippen LogP contribution in [-0.4, -0.2) is 45.1 Å². The van der Waals surface area contributed by atoms with E-state index in [1.807, 2.05) is 0 Å². The molecule has 2 unspecified atom stereocenters. The van der Waals surface area contributed by atoms with Crippen LogP contribution in [0.25, 0.3) is 0 Å². The van der Waals surface area contributed by atoms with Gasteiger partial charge >= 0.3 is 0 Å². The molecular weight excluding hydrogens is 236 g/mol. The summed E-state index contributed by atoms with van der Waals surface area (Å²) in [5, 5.41) is 6.81. The second-order valence-electron chi connectivity index (χ2n) is 4.97. The first-order valence-corrected chi connectivity index (χ1v) is 8.53. The average Bonchev–Trinajstić information content (AvgIpc) is 2.30. The molecule has 1 aliphatic rings. The molecule has 102 valence electrons. The number of sulfone groups is 1. The molecule has 2 N–H and O–H groups in total. The molecule has 1 rings (SSSR count). The molecule has 0 saturated carbocycles.